The monoisotopic (exact) mass is 252 g/mol. The Bertz CT molecular complexity index is 231. The third kappa shape index (κ3) is 5.43. The first-order chi connectivity index (χ1) is 8.95. The predicted molar refractivity (Wildman–Crippen MR) is 74.6 cm³/mol. The average molecular weight is 252 g/mol. The minimum absolute atomic E-state index is 0.494. The van der Waals surface area contributed by atoms with E-state index in [-0.39, 0.29) is 0 Å². The summed E-state index contributed by atoms with van der Waals surface area (Å²) in [4.78, 5) is 0. The molecule has 104 valence electrons. The van der Waals surface area contributed by atoms with Crippen LogP contribution in [0.1, 0.15) is 70.6 Å². The van der Waals surface area contributed by atoms with Gasteiger partial charge in [0.05, 0.1) is 19.0 Å². The van der Waals surface area contributed by atoms with Gasteiger partial charge in [0.1, 0.15) is 0 Å². The standard InChI is InChI=1S/C16H28O2/c1-2-6-13-18-16(10-3-1)11-7-12-17-14-15-8-4-5-9-15/h14,16H,1-13H2. The zero-order valence-electron chi connectivity index (χ0n) is 11.7. The lowest BCUT2D eigenvalue weighted by molar-refractivity contribution is 0.0256. The molecule has 0 amide bonds. The Morgan fingerprint density at radius 3 is 2.78 bits per heavy atom. The van der Waals surface area contributed by atoms with Crippen molar-refractivity contribution in [3.05, 3.63) is 11.8 Å². The number of allylic oxidation sites excluding steroid dienone is 1. The fraction of sp³-hybridized carbons (Fsp3) is 0.875. The lowest BCUT2D eigenvalue weighted by Gasteiger charge is -2.20. The van der Waals surface area contributed by atoms with Crippen LogP contribution in [0.3, 0.4) is 0 Å². The summed E-state index contributed by atoms with van der Waals surface area (Å²) in [5.41, 5.74) is 1.51. The number of ether oxygens (including phenoxy) is 2. The van der Waals surface area contributed by atoms with Gasteiger partial charge in [0.15, 0.2) is 0 Å². The minimum atomic E-state index is 0.494. The molecule has 18 heavy (non-hydrogen) atoms. The highest BCUT2D eigenvalue weighted by molar-refractivity contribution is 5.02. The zero-order valence-corrected chi connectivity index (χ0v) is 11.7. The Labute approximate surface area is 112 Å². The van der Waals surface area contributed by atoms with E-state index in [0.29, 0.717) is 6.10 Å². The van der Waals surface area contributed by atoms with Crippen LogP contribution in [-0.4, -0.2) is 19.3 Å². The van der Waals surface area contributed by atoms with Crippen LogP contribution in [0.15, 0.2) is 11.8 Å². The smallest absolute Gasteiger partial charge is 0.0874 e. The molecule has 1 saturated carbocycles. The molecule has 0 spiro atoms. The third-order valence-corrected chi connectivity index (χ3v) is 4.06. The molecule has 0 aromatic heterocycles. The Hall–Kier alpha value is -0.500. The molecule has 2 rings (SSSR count). The summed E-state index contributed by atoms with van der Waals surface area (Å²) >= 11 is 0. The van der Waals surface area contributed by atoms with E-state index in [2.05, 4.69) is 0 Å². The molecule has 2 fully saturated rings. The van der Waals surface area contributed by atoms with Gasteiger partial charge in [0.25, 0.3) is 0 Å². The van der Waals surface area contributed by atoms with Gasteiger partial charge in [-0.1, -0.05) is 19.3 Å². The van der Waals surface area contributed by atoms with Crippen molar-refractivity contribution in [1.29, 1.82) is 0 Å². The summed E-state index contributed by atoms with van der Waals surface area (Å²) in [5, 5.41) is 0. The second kappa shape index (κ2) is 8.58. The molecule has 0 radical (unpaired) electrons. The van der Waals surface area contributed by atoms with Crippen LogP contribution in [0.2, 0.25) is 0 Å². The molecular formula is C16H28O2. The van der Waals surface area contributed by atoms with Gasteiger partial charge in [-0.3, -0.25) is 0 Å². The van der Waals surface area contributed by atoms with E-state index in [1.54, 1.807) is 0 Å². The van der Waals surface area contributed by atoms with Crippen molar-refractivity contribution in [2.45, 2.75) is 76.7 Å². The van der Waals surface area contributed by atoms with Crippen molar-refractivity contribution < 1.29 is 9.47 Å². The second-order valence-electron chi connectivity index (χ2n) is 5.69. The average Bonchev–Trinajstić information content (AvgIpc) is 2.84. The van der Waals surface area contributed by atoms with Crippen molar-refractivity contribution in [3.63, 3.8) is 0 Å². The van der Waals surface area contributed by atoms with Crippen LogP contribution in [-0.2, 0) is 9.47 Å². The molecule has 0 N–H and O–H groups in total. The maximum Gasteiger partial charge on any atom is 0.0874 e. The molecule has 0 aromatic rings. The van der Waals surface area contributed by atoms with Crippen molar-refractivity contribution in [2.75, 3.05) is 13.2 Å². The fourth-order valence-electron chi connectivity index (χ4n) is 2.91. The maximum absolute atomic E-state index is 5.89. The van der Waals surface area contributed by atoms with Crippen molar-refractivity contribution >= 4 is 0 Å². The summed E-state index contributed by atoms with van der Waals surface area (Å²) in [6.45, 7) is 1.83. The van der Waals surface area contributed by atoms with Gasteiger partial charge in [0.2, 0.25) is 0 Å². The molecule has 1 unspecified atom stereocenters. The van der Waals surface area contributed by atoms with Crippen molar-refractivity contribution in [1.82, 2.24) is 0 Å². The van der Waals surface area contributed by atoms with Crippen LogP contribution in [0, 0.1) is 0 Å². The van der Waals surface area contributed by atoms with Gasteiger partial charge < -0.3 is 9.47 Å². The Kier molecular flexibility index (Phi) is 6.63. The Morgan fingerprint density at radius 1 is 1.06 bits per heavy atom. The lowest BCUT2D eigenvalue weighted by atomic mass is 10.0. The van der Waals surface area contributed by atoms with Crippen LogP contribution in [0.5, 0.6) is 0 Å². The normalized spacial score (nSPS) is 25.6. The van der Waals surface area contributed by atoms with Gasteiger partial charge in [-0.15, -0.1) is 0 Å². The highest BCUT2D eigenvalue weighted by atomic mass is 16.5. The molecule has 0 bridgehead atoms. The Balaban J connectivity index is 1.52. The molecule has 1 aliphatic carbocycles. The van der Waals surface area contributed by atoms with Gasteiger partial charge in [-0.05, 0) is 56.9 Å². The Morgan fingerprint density at radius 2 is 1.89 bits per heavy atom. The van der Waals surface area contributed by atoms with E-state index < -0.39 is 0 Å². The topological polar surface area (TPSA) is 18.5 Å². The van der Waals surface area contributed by atoms with E-state index >= 15 is 0 Å². The predicted octanol–water partition coefficient (Wildman–Crippen LogP) is 4.59. The quantitative estimate of drug-likeness (QED) is 0.526. The summed E-state index contributed by atoms with van der Waals surface area (Å²) in [5.74, 6) is 0. The summed E-state index contributed by atoms with van der Waals surface area (Å²) < 4.78 is 11.5. The van der Waals surface area contributed by atoms with Crippen molar-refractivity contribution in [3.8, 4) is 0 Å². The molecule has 0 aromatic carbocycles. The van der Waals surface area contributed by atoms with Crippen molar-refractivity contribution in [2.24, 2.45) is 0 Å². The second-order valence-corrected chi connectivity index (χ2v) is 5.69. The van der Waals surface area contributed by atoms with Crippen LogP contribution < -0.4 is 0 Å². The SMILES string of the molecule is C(OCCCC1CCCCCCO1)=C1CCCC1. The number of hydrogen-bond donors (Lipinski definition) is 0. The highest BCUT2D eigenvalue weighted by Crippen LogP contribution is 2.23. The number of rotatable bonds is 5. The molecule has 1 atom stereocenters. The largest absolute Gasteiger partial charge is 0.501 e. The first kappa shape index (κ1) is 13.9. The molecule has 2 aliphatic rings. The van der Waals surface area contributed by atoms with Crippen LogP contribution >= 0.6 is 0 Å². The van der Waals surface area contributed by atoms with Gasteiger partial charge in [-0.25, -0.2) is 0 Å². The summed E-state index contributed by atoms with van der Waals surface area (Å²) in [7, 11) is 0. The molecular weight excluding hydrogens is 224 g/mol. The fourth-order valence-corrected chi connectivity index (χ4v) is 2.91. The molecule has 1 aliphatic heterocycles. The summed E-state index contributed by atoms with van der Waals surface area (Å²) in [6.07, 6.45) is 16.6. The first-order valence-electron chi connectivity index (χ1n) is 7.86. The van der Waals surface area contributed by atoms with E-state index in [0.717, 1.165) is 19.6 Å². The molecule has 2 nitrogen and oxygen atoms in total. The molecule has 1 heterocycles. The van der Waals surface area contributed by atoms with E-state index in [4.69, 9.17) is 9.47 Å². The minimum Gasteiger partial charge on any atom is -0.501 e. The van der Waals surface area contributed by atoms with Crippen LogP contribution in [0.4, 0.5) is 0 Å². The van der Waals surface area contributed by atoms with Gasteiger partial charge in [-0.2, -0.15) is 0 Å². The zero-order chi connectivity index (χ0) is 12.5. The molecule has 1 saturated heterocycles. The van der Waals surface area contributed by atoms with Gasteiger partial charge >= 0.3 is 0 Å². The van der Waals surface area contributed by atoms with Crippen LogP contribution in [0.25, 0.3) is 0 Å². The first-order valence-corrected chi connectivity index (χ1v) is 7.86. The summed E-state index contributed by atoms with van der Waals surface area (Å²) in [6, 6.07) is 0. The lowest BCUT2D eigenvalue weighted by Crippen LogP contribution is -2.16. The third-order valence-electron chi connectivity index (χ3n) is 4.06. The van der Waals surface area contributed by atoms with E-state index in [1.165, 1.54) is 69.8 Å². The molecule has 2 heteroatoms. The van der Waals surface area contributed by atoms with E-state index in [9.17, 15) is 0 Å². The number of hydrogen-bond acceptors (Lipinski definition) is 2. The van der Waals surface area contributed by atoms with Gasteiger partial charge in [0, 0.05) is 6.61 Å². The highest BCUT2D eigenvalue weighted by Gasteiger charge is 2.11. The van der Waals surface area contributed by atoms with E-state index in [1.807, 2.05) is 6.26 Å². The maximum atomic E-state index is 5.89.